The molecule has 2 aromatic rings. The number of pyridine rings is 1. The van der Waals surface area contributed by atoms with Crippen molar-refractivity contribution in [2.45, 2.75) is 10.2 Å². The molecular weight excluding hydrogens is 264 g/mol. The Morgan fingerprint density at radius 2 is 2.21 bits per heavy atom. The predicted molar refractivity (Wildman–Crippen MR) is 57.1 cm³/mol. The molecular formula is C8H7BrN4S. The van der Waals surface area contributed by atoms with Gasteiger partial charge in [-0.3, -0.25) is 0 Å². The van der Waals surface area contributed by atoms with Crippen molar-refractivity contribution >= 4 is 27.7 Å². The first-order valence-corrected chi connectivity index (χ1v) is 5.50. The van der Waals surface area contributed by atoms with Gasteiger partial charge in [-0.25, -0.2) is 14.6 Å². The van der Waals surface area contributed by atoms with Crippen LogP contribution in [0.4, 0.5) is 0 Å². The molecule has 0 N–H and O–H groups in total. The van der Waals surface area contributed by atoms with Crippen LogP contribution in [0.3, 0.4) is 0 Å². The van der Waals surface area contributed by atoms with Crippen LogP contribution in [-0.4, -0.2) is 19.7 Å². The molecule has 0 bridgehead atoms. The van der Waals surface area contributed by atoms with Crippen molar-refractivity contribution in [3.8, 4) is 0 Å². The minimum atomic E-state index is 0.833. The minimum absolute atomic E-state index is 0.833. The number of halogens is 1. The lowest BCUT2D eigenvalue weighted by atomic mass is 10.5. The molecule has 0 radical (unpaired) electrons. The van der Waals surface area contributed by atoms with Crippen LogP contribution in [0.25, 0.3) is 0 Å². The first-order chi connectivity index (χ1) is 6.75. The highest BCUT2D eigenvalue weighted by atomic mass is 79.9. The molecule has 4 nitrogen and oxygen atoms in total. The molecule has 0 fully saturated rings. The quantitative estimate of drug-likeness (QED) is 0.839. The van der Waals surface area contributed by atoms with Gasteiger partial charge in [-0.1, -0.05) is 0 Å². The first kappa shape index (κ1) is 9.67. The first-order valence-electron chi connectivity index (χ1n) is 3.89. The molecule has 0 atom stereocenters. The average molecular weight is 271 g/mol. The molecule has 14 heavy (non-hydrogen) atoms. The van der Waals surface area contributed by atoms with Crippen LogP contribution >= 0.6 is 27.7 Å². The largest absolute Gasteiger partial charge is 0.248 e. The fourth-order valence-corrected chi connectivity index (χ4v) is 1.84. The molecule has 72 valence electrons. The van der Waals surface area contributed by atoms with Gasteiger partial charge in [0.25, 0.3) is 0 Å². The molecule has 0 amide bonds. The maximum Gasteiger partial charge on any atom is 0.192 e. The summed E-state index contributed by atoms with van der Waals surface area (Å²) in [5.74, 6) is 0. The van der Waals surface area contributed by atoms with Crippen LogP contribution in [-0.2, 0) is 7.05 Å². The van der Waals surface area contributed by atoms with E-state index in [1.807, 2.05) is 19.2 Å². The van der Waals surface area contributed by atoms with Gasteiger partial charge in [-0.05, 0) is 39.8 Å². The normalized spacial score (nSPS) is 10.4. The van der Waals surface area contributed by atoms with E-state index in [0.717, 1.165) is 14.7 Å². The van der Waals surface area contributed by atoms with Crippen LogP contribution in [0.15, 0.2) is 39.3 Å². The molecule has 0 saturated heterocycles. The molecule has 0 aliphatic heterocycles. The Labute approximate surface area is 93.9 Å². The number of hydrogen-bond acceptors (Lipinski definition) is 4. The van der Waals surface area contributed by atoms with Gasteiger partial charge >= 0.3 is 0 Å². The zero-order valence-corrected chi connectivity index (χ0v) is 9.79. The summed E-state index contributed by atoms with van der Waals surface area (Å²) in [7, 11) is 1.86. The molecule has 0 unspecified atom stereocenters. The standard InChI is InChI=1S/C8H7BrN4S/c1-13-8(11-5-12-13)14-7-3-2-6(9)4-10-7/h2-5H,1H3. The fourth-order valence-electron chi connectivity index (χ4n) is 0.894. The number of hydrogen-bond donors (Lipinski definition) is 0. The zero-order chi connectivity index (χ0) is 9.97. The van der Waals surface area contributed by atoms with E-state index in [9.17, 15) is 0 Å². The molecule has 0 aliphatic rings. The lowest BCUT2D eigenvalue weighted by Gasteiger charge is -1.98. The van der Waals surface area contributed by atoms with Crippen LogP contribution < -0.4 is 0 Å². The smallest absolute Gasteiger partial charge is 0.192 e. The Morgan fingerprint density at radius 1 is 1.36 bits per heavy atom. The van der Waals surface area contributed by atoms with E-state index in [0.29, 0.717) is 0 Å². The number of nitrogens with zero attached hydrogens (tertiary/aromatic N) is 4. The summed E-state index contributed by atoms with van der Waals surface area (Å²) in [6.45, 7) is 0. The molecule has 0 spiro atoms. The van der Waals surface area contributed by atoms with Crippen molar-refractivity contribution in [2.24, 2.45) is 7.05 Å². The highest BCUT2D eigenvalue weighted by molar-refractivity contribution is 9.10. The number of aromatic nitrogens is 4. The van der Waals surface area contributed by atoms with Gasteiger partial charge in [-0.2, -0.15) is 5.10 Å². The van der Waals surface area contributed by atoms with Gasteiger partial charge in [0.05, 0.1) is 0 Å². The Bertz CT molecular complexity index is 425. The van der Waals surface area contributed by atoms with E-state index >= 15 is 0 Å². The molecule has 2 rings (SSSR count). The lowest BCUT2D eigenvalue weighted by molar-refractivity contribution is 0.684. The van der Waals surface area contributed by atoms with E-state index < -0.39 is 0 Å². The summed E-state index contributed by atoms with van der Waals surface area (Å²) < 4.78 is 2.69. The predicted octanol–water partition coefficient (Wildman–Crippen LogP) is 2.12. The Morgan fingerprint density at radius 3 is 2.79 bits per heavy atom. The molecule has 2 aromatic heterocycles. The monoisotopic (exact) mass is 270 g/mol. The van der Waals surface area contributed by atoms with E-state index in [-0.39, 0.29) is 0 Å². The Hall–Kier alpha value is -0.880. The van der Waals surface area contributed by atoms with Crippen molar-refractivity contribution in [3.05, 3.63) is 29.1 Å². The third-order valence-electron chi connectivity index (χ3n) is 1.57. The minimum Gasteiger partial charge on any atom is -0.248 e. The summed E-state index contributed by atoms with van der Waals surface area (Å²) >= 11 is 4.82. The van der Waals surface area contributed by atoms with Gasteiger partial charge < -0.3 is 0 Å². The van der Waals surface area contributed by atoms with Gasteiger partial charge in [0.1, 0.15) is 11.4 Å². The second-order valence-electron chi connectivity index (χ2n) is 2.58. The average Bonchev–Trinajstić information content (AvgIpc) is 2.56. The van der Waals surface area contributed by atoms with Crippen LogP contribution in [0, 0.1) is 0 Å². The number of aryl methyl sites for hydroxylation is 1. The molecule has 0 aromatic carbocycles. The Balaban J connectivity index is 2.19. The molecule has 6 heteroatoms. The summed E-state index contributed by atoms with van der Waals surface area (Å²) in [6, 6.07) is 3.88. The topological polar surface area (TPSA) is 43.6 Å². The van der Waals surface area contributed by atoms with E-state index in [2.05, 4.69) is 31.0 Å². The van der Waals surface area contributed by atoms with Crippen molar-refractivity contribution in [3.63, 3.8) is 0 Å². The van der Waals surface area contributed by atoms with Gasteiger partial charge in [0.2, 0.25) is 0 Å². The van der Waals surface area contributed by atoms with Gasteiger partial charge in [-0.15, -0.1) is 0 Å². The summed E-state index contributed by atoms with van der Waals surface area (Å²) in [4.78, 5) is 8.33. The van der Waals surface area contributed by atoms with E-state index in [1.165, 1.54) is 18.1 Å². The second-order valence-corrected chi connectivity index (χ2v) is 4.49. The van der Waals surface area contributed by atoms with Crippen LogP contribution in [0.5, 0.6) is 0 Å². The molecule has 0 aliphatic carbocycles. The zero-order valence-electron chi connectivity index (χ0n) is 7.38. The van der Waals surface area contributed by atoms with Crippen molar-refractivity contribution in [1.29, 1.82) is 0 Å². The fraction of sp³-hybridized carbons (Fsp3) is 0.125. The van der Waals surface area contributed by atoms with E-state index in [4.69, 9.17) is 0 Å². The third kappa shape index (κ3) is 2.13. The Kier molecular flexibility index (Phi) is 2.83. The van der Waals surface area contributed by atoms with Crippen LogP contribution in [0.2, 0.25) is 0 Å². The highest BCUT2D eigenvalue weighted by Crippen LogP contribution is 2.23. The maximum atomic E-state index is 4.23. The summed E-state index contributed by atoms with van der Waals surface area (Å²) in [5, 5.41) is 5.72. The second kappa shape index (κ2) is 4.10. The summed E-state index contributed by atoms with van der Waals surface area (Å²) in [5.41, 5.74) is 0. The lowest BCUT2D eigenvalue weighted by Crippen LogP contribution is -1.92. The summed E-state index contributed by atoms with van der Waals surface area (Å²) in [6.07, 6.45) is 3.29. The molecule has 2 heterocycles. The SMILES string of the molecule is Cn1ncnc1Sc1ccc(Br)cn1. The molecule has 0 saturated carbocycles. The van der Waals surface area contributed by atoms with Crippen LogP contribution in [0.1, 0.15) is 0 Å². The van der Waals surface area contributed by atoms with E-state index in [1.54, 1.807) is 10.9 Å². The van der Waals surface area contributed by atoms with Crippen molar-refractivity contribution in [2.75, 3.05) is 0 Å². The van der Waals surface area contributed by atoms with Gasteiger partial charge in [0.15, 0.2) is 5.16 Å². The third-order valence-corrected chi connectivity index (χ3v) is 3.04. The van der Waals surface area contributed by atoms with Gasteiger partial charge in [0, 0.05) is 17.7 Å². The highest BCUT2D eigenvalue weighted by Gasteiger charge is 2.03. The maximum absolute atomic E-state index is 4.23. The number of rotatable bonds is 2. The van der Waals surface area contributed by atoms with Crippen molar-refractivity contribution in [1.82, 2.24) is 19.7 Å². The van der Waals surface area contributed by atoms with Crippen molar-refractivity contribution < 1.29 is 0 Å².